The molecule has 1 saturated heterocycles. The zero-order chi connectivity index (χ0) is 7.56. The van der Waals surface area contributed by atoms with Crippen molar-refractivity contribution in [1.82, 2.24) is 0 Å². The van der Waals surface area contributed by atoms with Crippen LogP contribution in [0, 0.1) is 5.92 Å². The SMILES string of the molecule is CCC1COCC(O)C1O. The maximum absolute atomic E-state index is 9.31. The van der Waals surface area contributed by atoms with Crippen molar-refractivity contribution in [2.24, 2.45) is 5.92 Å². The minimum Gasteiger partial charge on any atom is -0.390 e. The van der Waals surface area contributed by atoms with Crippen LogP contribution in [0.15, 0.2) is 0 Å². The Labute approximate surface area is 60.6 Å². The second-order valence-electron chi connectivity index (χ2n) is 2.76. The molecule has 0 aromatic heterocycles. The zero-order valence-corrected chi connectivity index (χ0v) is 6.16. The van der Waals surface area contributed by atoms with Gasteiger partial charge in [0.15, 0.2) is 0 Å². The van der Waals surface area contributed by atoms with E-state index in [0.29, 0.717) is 6.61 Å². The number of rotatable bonds is 1. The summed E-state index contributed by atoms with van der Waals surface area (Å²) in [5.41, 5.74) is 0. The molecule has 1 rings (SSSR count). The molecular formula is C7H14O3. The summed E-state index contributed by atoms with van der Waals surface area (Å²) < 4.78 is 5.05. The van der Waals surface area contributed by atoms with Gasteiger partial charge in [-0.05, 0) is 6.42 Å². The summed E-state index contributed by atoms with van der Waals surface area (Å²) in [6.07, 6.45) is -0.407. The molecule has 0 spiro atoms. The molecule has 0 amide bonds. The normalized spacial score (nSPS) is 41.7. The monoisotopic (exact) mass is 146 g/mol. The number of aliphatic hydroxyl groups excluding tert-OH is 2. The Balaban J connectivity index is 2.42. The lowest BCUT2D eigenvalue weighted by Crippen LogP contribution is -2.43. The number of ether oxygens (including phenoxy) is 1. The molecule has 0 aromatic carbocycles. The summed E-state index contributed by atoms with van der Waals surface area (Å²) in [6.45, 7) is 2.84. The Bertz CT molecular complexity index is 105. The van der Waals surface area contributed by atoms with Gasteiger partial charge in [0, 0.05) is 5.92 Å². The van der Waals surface area contributed by atoms with Gasteiger partial charge in [-0.3, -0.25) is 0 Å². The van der Waals surface area contributed by atoms with Crippen LogP contribution in [-0.2, 0) is 4.74 Å². The predicted molar refractivity (Wildman–Crippen MR) is 36.6 cm³/mol. The topological polar surface area (TPSA) is 49.7 Å². The maximum Gasteiger partial charge on any atom is 0.103 e. The fourth-order valence-corrected chi connectivity index (χ4v) is 1.21. The van der Waals surface area contributed by atoms with E-state index in [9.17, 15) is 5.11 Å². The molecule has 0 aromatic rings. The van der Waals surface area contributed by atoms with Crippen molar-refractivity contribution in [1.29, 1.82) is 0 Å². The molecule has 1 aliphatic rings. The van der Waals surface area contributed by atoms with E-state index >= 15 is 0 Å². The Morgan fingerprint density at radius 2 is 2.10 bits per heavy atom. The molecule has 0 bridgehead atoms. The molecule has 1 heterocycles. The first-order valence-electron chi connectivity index (χ1n) is 3.69. The van der Waals surface area contributed by atoms with Crippen LogP contribution in [0.1, 0.15) is 13.3 Å². The summed E-state index contributed by atoms with van der Waals surface area (Å²) in [7, 11) is 0. The third-order valence-corrected chi connectivity index (χ3v) is 2.02. The van der Waals surface area contributed by atoms with Gasteiger partial charge in [0.2, 0.25) is 0 Å². The van der Waals surface area contributed by atoms with Gasteiger partial charge in [-0.1, -0.05) is 6.92 Å². The van der Waals surface area contributed by atoms with Crippen molar-refractivity contribution < 1.29 is 14.9 Å². The molecule has 0 radical (unpaired) electrons. The van der Waals surface area contributed by atoms with Crippen molar-refractivity contribution in [3.8, 4) is 0 Å². The van der Waals surface area contributed by atoms with E-state index in [2.05, 4.69) is 0 Å². The van der Waals surface area contributed by atoms with Crippen molar-refractivity contribution in [2.75, 3.05) is 13.2 Å². The van der Waals surface area contributed by atoms with Gasteiger partial charge in [-0.25, -0.2) is 0 Å². The molecule has 60 valence electrons. The summed E-state index contributed by atoms with van der Waals surface area (Å²) in [4.78, 5) is 0. The van der Waals surface area contributed by atoms with Crippen LogP contribution < -0.4 is 0 Å². The van der Waals surface area contributed by atoms with Crippen LogP contribution in [0.2, 0.25) is 0 Å². The smallest absolute Gasteiger partial charge is 0.103 e. The minimum atomic E-state index is -0.682. The highest BCUT2D eigenvalue weighted by atomic mass is 16.5. The van der Waals surface area contributed by atoms with Gasteiger partial charge in [0.25, 0.3) is 0 Å². The van der Waals surface area contributed by atoms with E-state index in [1.165, 1.54) is 0 Å². The Morgan fingerprint density at radius 1 is 1.40 bits per heavy atom. The summed E-state index contributed by atoms with van der Waals surface area (Å²) >= 11 is 0. The summed E-state index contributed by atoms with van der Waals surface area (Å²) in [5, 5.41) is 18.4. The van der Waals surface area contributed by atoms with Gasteiger partial charge in [0.05, 0.1) is 19.3 Å². The van der Waals surface area contributed by atoms with Crippen LogP contribution in [0.25, 0.3) is 0 Å². The van der Waals surface area contributed by atoms with Crippen molar-refractivity contribution in [3.63, 3.8) is 0 Å². The Hall–Kier alpha value is -0.120. The predicted octanol–water partition coefficient (Wildman–Crippen LogP) is -0.235. The fraction of sp³-hybridized carbons (Fsp3) is 1.00. The largest absolute Gasteiger partial charge is 0.390 e. The lowest BCUT2D eigenvalue weighted by molar-refractivity contribution is -0.121. The summed E-state index contributed by atoms with van der Waals surface area (Å²) in [5.74, 6) is 0.115. The molecule has 10 heavy (non-hydrogen) atoms. The number of hydrogen-bond acceptors (Lipinski definition) is 3. The number of hydrogen-bond donors (Lipinski definition) is 2. The van der Waals surface area contributed by atoms with Gasteiger partial charge in [0.1, 0.15) is 6.10 Å². The average Bonchev–Trinajstić information content (AvgIpc) is 1.95. The molecule has 1 aliphatic heterocycles. The van der Waals surface area contributed by atoms with Gasteiger partial charge >= 0.3 is 0 Å². The average molecular weight is 146 g/mol. The van der Waals surface area contributed by atoms with Crippen LogP contribution in [0.3, 0.4) is 0 Å². The second-order valence-corrected chi connectivity index (χ2v) is 2.76. The standard InChI is InChI=1S/C7H14O3/c1-2-5-3-10-4-6(8)7(5)9/h5-9H,2-4H2,1H3. The molecule has 3 atom stereocenters. The molecule has 2 N–H and O–H groups in total. The van der Waals surface area contributed by atoms with Gasteiger partial charge in [-0.2, -0.15) is 0 Å². The van der Waals surface area contributed by atoms with Crippen molar-refractivity contribution in [2.45, 2.75) is 25.6 Å². The zero-order valence-electron chi connectivity index (χ0n) is 6.16. The van der Waals surface area contributed by atoms with E-state index in [-0.39, 0.29) is 12.5 Å². The van der Waals surface area contributed by atoms with Crippen LogP contribution in [0.5, 0.6) is 0 Å². The van der Waals surface area contributed by atoms with Crippen molar-refractivity contribution >= 4 is 0 Å². The highest BCUT2D eigenvalue weighted by Crippen LogP contribution is 2.17. The van der Waals surface area contributed by atoms with Gasteiger partial charge < -0.3 is 14.9 Å². The first kappa shape index (κ1) is 7.98. The third-order valence-electron chi connectivity index (χ3n) is 2.02. The highest BCUT2D eigenvalue weighted by Gasteiger charge is 2.29. The molecule has 3 heteroatoms. The van der Waals surface area contributed by atoms with Crippen molar-refractivity contribution in [3.05, 3.63) is 0 Å². The highest BCUT2D eigenvalue weighted by molar-refractivity contribution is 4.78. The lowest BCUT2D eigenvalue weighted by Gasteiger charge is -2.30. The maximum atomic E-state index is 9.31. The van der Waals surface area contributed by atoms with Crippen LogP contribution in [0.4, 0.5) is 0 Å². The fourth-order valence-electron chi connectivity index (χ4n) is 1.21. The quantitative estimate of drug-likeness (QED) is 0.537. The second kappa shape index (κ2) is 3.32. The first-order valence-corrected chi connectivity index (χ1v) is 3.69. The Morgan fingerprint density at radius 3 is 2.60 bits per heavy atom. The molecule has 0 aliphatic carbocycles. The van der Waals surface area contributed by atoms with Crippen LogP contribution in [-0.4, -0.2) is 35.6 Å². The molecule has 0 saturated carbocycles. The number of aliphatic hydroxyl groups is 2. The van der Waals surface area contributed by atoms with E-state index in [4.69, 9.17) is 9.84 Å². The van der Waals surface area contributed by atoms with E-state index in [1.54, 1.807) is 0 Å². The minimum absolute atomic E-state index is 0.115. The molecule has 1 fully saturated rings. The molecule has 3 unspecified atom stereocenters. The Kier molecular flexibility index (Phi) is 2.65. The van der Waals surface area contributed by atoms with E-state index in [0.717, 1.165) is 6.42 Å². The van der Waals surface area contributed by atoms with E-state index < -0.39 is 12.2 Å². The van der Waals surface area contributed by atoms with E-state index in [1.807, 2.05) is 6.92 Å². The van der Waals surface area contributed by atoms with Crippen LogP contribution >= 0.6 is 0 Å². The molecular weight excluding hydrogens is 132 g/mol. The first-order chi connectivity index (χ1) is 4.75. The summed E-state index contributed by atoms with van der Waals surface area (Å²) in [6, 6.07) is 0. The molecule has 3 nitrogen and oxygen atoms in total. The third kappa shape index (κ3) is 1.48. The van der Waals surface area contributed by atoms with Gasteiger partial charge in [-0.15, -0.1) is 0 Å². The lowest BCUT2D eigenvalue weighted by atomic mass is 9.94.